The van der Waals surface area contributed by atoms with Crippen LogP contribution in [-0.4, -0.2) is 63.7 Å². The Bertz CT molecular complexity index is 804. The molecular formula is C21H26N4O2. The first-order valence-corrected chi connectivity index (χ1v) is 9.85. The van der Waals surface area contributed by atoms with Crippen molar-refractivity contribution in [3.63, 3.8) is 0 Å². The Morgan fingerprint density at radius 1 is 1.15 bits per heavy atom. The standard InChI is InChI=1S/C21H26N4O2/c1-27-21-22-10-14(11-23-21)12-25-13-18(16-3-2-4-17(26)9-16)20-19(25)15-5-7-24(20)8-6-15/h2-4,9-11,15,18-20,26H,5-8,12-13H2,1H3/t18-,19+,20+/m0/s1. The van der Waals surface area contributed by atoms with Gasteiger partial charge in [0.2, 0.25) is 0 Å². The molecule has 0 radical (unpaired) electrons. The Morgan fingerprint density at radius 2 is 1.93 bits per heavy atom. The summed E-state index contributed by atoms with van der Waals surface area (Å²) in [6.45, 7) is 4.30. The number of hydrogen-bond acceptors (Lipinski definition) is 6. The van der Waals surface area contributed by atoms with E-state index in [1.54, 1.807) is 13.2 Å². The van der Waals surface area contributed by atoms with Gasteiger partial charge in [0.15, 0.2) is 0 Å². The summed E-state index contributed by atoms with van der Waals surface area (Å²) in [6, 6.07) is 9.38. The summed E-state index contributed by atoms with van der Waals surface area (Å²) in [6.07, 6.45) is 6.35. The predicted molar refractivity (Wildman–Crippen MR) is 102 cm³/mol. The minimum Gasteiger partial charge on any atom is -0.508 e. The van der Waals surface area contributed by atoms with Crippen molar-refractivity contribution in [2.75, 3.05) is 26.7 Å². The number of likely N-dealkylation sites (tertiary alicyclic amines) is 1. The molecule has 6 heteroatoms. The number of phenolic OH excluding ortho intramolecular Hbond substituents is 1. The van der Waals surface area contributed by atoms with Gasteiger partial charge >= 0.3 is 6.01 Å². The summed E-state index contributed by atoms with van der Waals surface area (Å²) < 4.78 is 5.09. The van der Waals surface area contributed by atoms with Crippen molar-refractivity contribution < 1.29 is 9.84 Å². The molecule has 142 valence electrons. The number of fused-ring (bicyclic) bond motifs is 2. The van der Waals surface area contributed by atoms with E-state index in [4.69, 9.17) is 4.74 Å². The van der Waals surface area contributed by atoms with Gasteiger partial charge in [0, 0.05) is 49.0 Å². The summed E-state index contributed by atoms with van der Waals surface area (Å²) in [5.74, 6) is 1.56. The van der Waals surface area contributed by atoms with Gasteiger partial charge in [0.25, 0.3) is 0 Å². The summed E-state index contributed by atoms with van der Waals surface area (Å²) in [7, 11) is 1.59. The molecule has 4 saturated heterocycles. The number of nitrogens with zero attached hydrogens (tertiary/aromatic N) is 4. The van der Waals surface area contributed by atoms with Crippen LogP contribution in [0.2, 0.25) is 0 Å². The molecule has 1 N–H and O–H groups in total. The van der Waals surface area contributed by atoms with Crippen LogP contribution in [0.4, 0.5) is 0 Å². The fourth-order valence-electron chi connectivity index (χ4n) is 5.54. The molecule has 0 amide bonds. The molecule has 1 aromatic heterocycles. The number of hydrogen-bond donors (Lipinski definition) is 1. The summed E-state index contributed by atoms with van der Waals surface area (Å²) in [5.41, 5.74) is 2.38. The number of aromatic hydroxyl groups is 1. The van der Waals surface area contributed by atoms with Crippen LogP contribution >= 0.6 is 0 Å². The Balaban J connectivity index is 1.45. The maximum atomic E-state index is 10.00. The topological polar surface area (TPSA) is 61.7 Å². The molecule has 5 heterocycles. The molecule has 0 spiro atoms. The maximum Gasteiger partial charge on any atom is 0.316 e. The lowest BCUT2D eigenvalue weighted by Crippen LogP contribution is -2.59. The van der Waals surface area contributed by atoms with E-state index >= 15 is 0 Å². The number of ether oxygens (including phenoxy) is 1. The smallest absolute Gasteiger partial charge is 0.316 e. The maximum absolute atomic E-state index is 10.00. The molecule has 3 atom stereocenters. The van der Waals surface area contributed by atoms with E-state index in [-0.39, 0.29) is 0 Å². The molecule has 1 aromatic carbocycles. The molecule has 2 bridgehead atoms. The van der Waals surface area contributed by atoms with Crippen LogP contribution in [0.15, 0.2) is 36.7 Å². The molecule has 27 heavy (non-hydrogen) atoms. The lowest BCUT2D eigenvalue weighted by atomic mass is 9.75. The lowest BCUT2D eigenvalue weighted by Gasteiger charge is -2.51. The minimum absolute atomic E-state index is 0.363. The van der Waals surface area contributed by atoms with Gasteiger partial charge in [-0.25, -0.2) is 9.97 Å². The highest BCUT2D eigenvalue weighted by Gasteiger charge is 2.53. The minimum atomic E-state index is 0.363. The average molecular weight is 366 g/mol. The van der Waals surface area contributed by atoms with E-state index in [9.17, 15) is 5.11 Å². The van der Waals surface area contributed by atoms with Crippen molar-refractivity contribution in [3.05, 3.63) is 47.8 Å². The van der Waals surface area contributed by atoms with Crippen molar-refractivity contribution >= 4 is 0 Å². The van der Waals surface area contributed by atoms with Crippen LogP contribution in [0.1, 0.15) is 29.9 Å². The van der Waals surface area contributed by atoms with E-state index in [1.165, 1.54) is 31.5 Å². The first-order chi connectivity index (χ1) is 13.2. The Kier molecular flexibility index (Phi) is 4.25. The SMILES string of the molecule is COc1ncc(CN2C[C@@H](c3cccc(O)c3)[C@@H]3[C@H]2C2CCN3CC2)cn1. The number of aromatic nitrogens is 2. The van der Waals surface area contributed by atoms with Crippen LogP contribution in [0, 0.1) is 5.92 Å². The second-order valence-electron chi connectivity index (χ2n) is 8.06. The fourth-order valence-corrected chi connectivity index (χ4v) is 5.54. The number of phenols is 1. The molecule has 4 aliphatic rings. The zero-order valence-electron chi connectivity index (χ0n) is 15.7. The van der Waals surface area contributed by atoms with Gasteiger partial charge < -0.3 is 9.84 Å². The van der Waals surface area contributed by atoms with E-state index < -0.39 is 0 Å². The molecule has 6 nitrogen and oxygen atoms in total. The third kappa shape index (κ3) is 2.97. The van der Waals surface area contributed by atoms with Gasteiger partial charge in [0.05, 0.1) is 7.11 Å². The molecule has 0 saturated carbocycles. The number of benzene rings is 1. The molecule has 4 fully saturated rings. The van der Waals surface area contributed by atoms with Crippen molar-refractivity contribution in [2.24, 2.45) is 5.92 Å². The first kappa shape index (κ1) is 17.0. The third-order valence-electron chi connectivity index (χ3n) is 6.64. The van der Waals surface area contributed by atoms with Crippen LogP contribution < -0.4 is 4.74 Å². The Morgan fingerprint density at radius 3 is 2.63 bits per heavy atom. The molecule has 6 rings (SSSR count). The normalized spacial score (nSPS) is 32.4. The van der Waals surface area contributed by atoms with Gasteiger partial charge in [-0.05, 0) is 49.5 Å². The molecular weight excluding hydrogens is 340 g/mol. The Hall–Kier alpha value is -2.18. The monoisotopic (exact) mass is 366 g/mol. The molecule has 0 aliphatic carbocycles. The quantitative estimate of drug-likeness (QED) is 0.896. The van der Waals surface area contributed by atoms with E-state index in [0.29, 0.717) is 29.8 Å². The van der Waals surface area contributed by atoms with Crippen LogP contribution in [0.3, 0.4) is 0 Å². The molecule has 4 aliphatic heterocycles. The first-order valence-electron chi connectivity index (χ1n) is 9.85. The van der Waals surface area contributed by atoms with E-state index in [2.05, 4.69) is 25.8 Å². The zero-order valence-corrected chi connectivity index (χ0v) is 15.7. The van der Waals surface area contributed by atoms with Crippen LogP contribution in [-0.2, 0) is 6.54 Å². The summed E-state index contributed by atoms with van der Waals surface area (Å²) >= 11 is 0. The highest BCUT2D eigenvalue weighted by Crippen LogP contribution is 2.47. The predicted octanol–water partition coefficient (Wildman–Crippen LogP) is 2.25. The van der Waals surface area contributed by atoms with E-state index in [1.807, 2.05) is 24.5 Å². The average Bonchev–Trinajstić information content (AvgIpc) is 3.11. The van der Waals surface area contributed by atoms with Crippen molar-refractivity contribution in [3.8, 4) is 11.8 Å². The zero-order chi connectivity index (χ0) is 18.4. The van der Waals surface area contributed by atoms with Gasteiger partial charge in [-0.15, -0.1) is 0 Å². The second kappa shape index (κ2) is 6.77. The second-order valence-corrected chi connectivity index (χ2v) is 8.06. The molecule has 2 aromatic rings. The summed E-state index contributed by atoms with van der Waals surface area (Å²) in [4.78, 5) is 13.9. The number of rotatable bonds is 4. The summed E-state index contributed by atoms with van der Waals surface area (Å²) in [5, 5.41) is 10.00. The lowest BCUT2D eigenvalue weighted by molar-refractivity contribution is -0.00875. The largest absolute Gasteiger partial charge is 0.508 e. The highest BCUT2D eigenvalue weighted by molar-refractivity contribution is 5.33. The van der Waals surface area contributed by atoms with Crippen molar-refractivity contribution in [1.82, 2.24) is 19.8 Å². The highest BCUT2D eigenvalue weighted by atomic mass is 16.5. The van der Waals surface area contributed by atoms with Crippen LogP contribution in [0.25, 0.3) is 0 Å². The fraction of sp³-hybridized carbons (Fsp3) is 0.524. The van der Waals surface area contributed by atoms with Crippen molar-refractivity contribution in [2.45, 2.75) is 37.4 Å². The van der Waals surface area contributed by atoms with Gasteiger partial charge in [-0.1, -0.05) is 12.1 Å². The molecule has 0 unspecified atom stereocenters. The van der Waals surface area contributed by atoms with Gasteiger partial charge in [0.1, 0.15) is 5.75 Å². The van der Waals surface area contributed by atoms with Crippen LogP contribution in [0.5, 0.6) is 11.8 Å². The Labute approximate surface area is 159 Å². The van der Waals surface area contributed by atoms with Crippen molar-refractivity contribution in [1.29, 1.82) is 0 Å². The number of piperidine rings is 3. The third-order valence-corrected chi connectivity index (χ3v) is 6.64. The van der Waals surface area contributed by atoms with Gasteiger partial charge in [-0.3, -0.25) is 9.80 Å². The van der Waals surface area contributed by atoms with E-state index in [0.717, 1.165) is 24.6 Å². The van der Waals surface area contributed by atoms with Gasteiger partial charge in [-0.2, -0.15) is 0 Å². The number of methoxy groups -OCH3 is 1.